The van der Waals surface area contributed by atoms with Crippen molar-refractivity contribution in [2.75, 3.05) is 19.7 Å². The van der Waals surface area contributed by atoms with Crippen molar-refractivity contribution in [3.05, 3.63) is 11.6 Å². The van der Waals surface area contributed by atoms with E-state index in [1.165, 1.54) is 19.3 Å². The largest absolute Gasteiger partial charge is 0.378 e. The van der Waals surface area contributed by atoms with Gasteiger partial charge in [-0.05, 0) is 32.2 Å². The van der Waals surface area contributed by atoms with Gasteiger partial charge in [-0.15, -0.1) is 0 Å². The van der Waals surface area contributed by atoms with Crippen molar-refractivity contribution in [3.63, 3.8) is 0 Å². The van der Waals surface area contributed by atoms with Gasteiger partial charge < -0.3 is 10.1 Å². The molecule has 0 bridgehead atoms. The highest BCUT2D eigenvalue weighted by atomic mass is 35.5. The topological polar surface area (TPSA) is 21.3 Å². The molecule has 1 atom stereocenters. The fourth-order valence-electron chi connectivity index (χ4n) is 1.53. The molecule has 2 nitrogen and oxygen atoms in total. The third kappa shape index (κ3) is 5.29. The molecule has 0 aliphatic carbocycles. The minimum Gasteiger partial charge on any atom is -0.378 e. The Hall–Kier alpha value is -0.0500. The number of halogens is 1. The summed E-state index contributed by atoms with van der Waals surface area (Å²) in [6, 6.07) is 0. The van der Waals surface area contributed by atoms with Crippen molar-refractivity contribution >= 4 is 11.6 Å². The van der Waals surface area contributed by atoms with Gasteiger partial charge in [-0.3, -0.25) is 0 Å². The zero-order chi connectivity index (χ0) is 9.36. The predicted molar refractivity (Wildman–Crippen MR) is 56.1 cm³/mol. The Kier molecular flexibility index (Phi) is 6.25. The molecule has 0 aromatic heterocycles. The van der Waals surface area contributed by atoms with Crippen LogP contribution in [0.3, 0.4) is 0 Å². The van der Waals surface area contributed by atoms with Crippen LogP contribution in [-0.2, 0) is 4.74 Å². The highest BCUT2D eigenvalue weighted by molar-refractivity contribution is 6.25. The van der Waals surface area contributed by atoms with Crippen LogP contribution < -0.4 is 5.32 Å². The van der Waals surface area contributed by atoms with Crippen LogP contribution >= 0.6 is 11.6 Å². The normalized spacial score (nSPS) is 23.9. The lowest BCUT2D eigenvalue weighted by atomic mass is 10.1. The average molecular weight is 204 g/mol. The second-order valence-corrected chi connectivity index (χ2v) is 3.60. The van der Waals surface area contributed by atoms with Gasteiger partial charge >= 0.3 is 0 Å². The molecule has 1 N–H and O–H groups in total. The quantitative estimate of drug-likeness (QED) is 0.693. The molecule has 1 rings (SSSR count). The van der Waals surface area contributed by atoms with E-state index in [0.29, 0.717) is 6.10 Å². The Morgan fingerprint density at radius 2 is 2.38 bits per heavy atom. The molecular weight excluding hydrogens is 186 g/mol. The zero-order valence-electron chi connectivity index (χ0n) is 7.97. The summed E-state index contributed by atoms with van der Waals surface area (Å²) in [6.45, 7) is 2.83. The van der Waals surface area contributed by atoms with E-state index in [9.17, 15) is 0 Å². The standard InChI is InChI=1S/C10H18ClNO/c11-6-3-7-12-8-5-10-4-1-2-9-13-10/h3,6,10,12H,1-2,4-5,7-9H2/b6-3+. The van der Waals surface area contributed by atoms with E-state index in [-0.39, 0.29) is 0 Å². The van der Waals surface area contributed by atoms with Gasteiger partial charge in [0, 0.05) is 18.7 Å². The third-order valence-electron chi connectivity index (χ3n) is 2.27. The smallest absolute Gasteiger partial charge is 0.0587 e. The van der Waals surface area contributed by atoms with E-state index in [4.69, 9.17) is 16.3 Å². The fraction of sp³-hybridized carbons (Fsp3) is 0.800. The molecule has 1 fully saturated rings. The van der Waals surface area contributed by atoms with E-state index in [1.807, 2.05) is 6.08 Å². The SMILES string of the molecule is Cl/C=C/CNCCC1CCCCO1. The summed E-state index contributed by atoms with van der Waals surface area (Å²) in [5, 5.41) is 3.28. The molecule has 1 heterocycles. The Balaban J connectivity index is 1.92. The van der Waals surface area contributed by atoms with Crippen LogP contribution in [-0.4, -0.2) is 25.8 Å². The summed E-state index contributed by atoms with van der Waals surface area (Å²) in [5.41, 5.74) is 1.55. The minimum atomic E-state index is 0.487. The second kappa shape index (κ2) is 7.36. The van der Waals surface area contributed by atoms with Gasteiger partial charge in [0.25, 0.3) is 0 Å². The minimum absolute atomic E-state index is 0.487. The van der Waals surface area contributed by atoms with Crippen LogP contribution in [0.2, 0.25) is 0 Å². The first-order valence-electron chi connectivity index (χ1n) is 5.01. The molecule has 1 saturated heterocycles. The fourth-order valence-corrected chi connectivity index (χ4v) is 1.62. The highest BCUT2D eigenvalue weighted by Crippen LogP contribution is 2.14. The van der Waals surface area contributed by atoms with Gasteiger partial charge in [0.05, 0.1) is 6.10 Å². The molecule has 1 unspecified atom stereocenters. The molecule has 76 valence electrons. The van der Waals surface area contributed by atoms with Gasteiger partial charge in [-0.1, -0.05) is 17.7 Å². The average Bonchev–Trinajstić information content (AvgIpc) is 2.19. The zero-order valence-corrected chi connectivity index (χ0v) is 8.72. The summed E-state index contributed by atoms with van der Waals surface area (Å²) in [5.74, 6) is 0. The summed E-state index contributed by atoms with van der Waals surface area (Å²) in [7, 11) is 0. The number of hydrogen-bond acceptors (Lipinski definition) is 2. The van der Waals surface area contributed by atoms with E-state index < -0.39 is 0 Å². The maximum Gasteiger partial charge on any atom is 0.0587 e. The van der Waals surface area contributed by atoms with Crippen LogP contribution in [0.4, 0.5) is 0 Å². The molecule has 3 heteroatoms. The Bertz CT molecular complexity index is 144. The van der Waals surface area contributed by atoms with Crippen LogP contribution in [0.1, 0.15) is 25.7 Å². The first-order chi connectivity index (χ1) is 6.43. The van der Waals surface area contributed by atoms with Crippen molar-refractivity contribution in [2.45, 2.75) is 31.8 Å². The number of ether oxygens (including phenoxy) is 1. The molecule has 13 heavy (non-hydrogen) atoms. The van der Waals surface area contributed by atoms with Crippen molar-refractivity contribution in [3.8, 4) is 0 Å². The lowest BCUT2D eigenvalue weighted by Crippen LogP contribution is -2.25. The van der Waals surface area contributed by atoms with Gasteiger partial charge in [-0.25, -0.2) is 0 Å². The summed E-state index contributed by atoms with van der Waals surface area (Å²) in [6.07, 6.45) is 7.30. The first-order valence-corrected chi connectivity index (χ1v) is 5.44. The van der Waals surface area contributed by atoms with Crippen molar-refractivity contribution < 1.29 is 4.74 Å². The van der Waals surface area contributed by atoms with E-state index >= 15 is 0 Å². The van der Waals surface area contributed by atoms with Crippen molar-refractivity contribution in [1.82, 2.24) is 5.32 Å². The number of rotatable bonds is 5. The Morgan fingerprint density at radius 3 is 3.08 bits per heavy atom. The molecule has 0 aromatic carbocycles. The van der Waals surface area contributed by atoms with Gasteiger partial charge in [-0.2, -0.15) is 0 Å². The van der Waals surface area contributed by atoms with E-state index in [1.54, 1.807) is 5.54 Å². The van der Waals surface area contributed by atoms with Crippen LogP contribution in [0, 0.1) is 0 Å². The van der Waals surface area contributed by atoms with Gasteiger partial charge in [0.15, 0.2) is 0 Å². The Morgan fingerprint density at radius 1 is 1.46 bits per heavy atom. The number of nitrogens with one attached hydrogen (secondary N) is 1. The Labute approximate surface area is 85.3 Å². The second-order valence-electron chi connectivity index (χ2n) is 3.34. The monoisotopic (exact) mass is 203 g/mol. The molecule has 1 aliphatic heterocycles. The molecular formula is C10H18ClNO. The van der Waals surface area contributed by atoms with Crippen LogP contribution in [0.15, 0.2) is 11.6 Å². The maximum atomic E-state index is 5.60. The third-order valence-corrected chi connectivity index (χ3v) is 2.45. The molecule has 0 aromatic rings. The summed E-state index contributed by atoms with van der Waals surface area (Å²) in [4.78, 5) is 0. The lowest BCUT2D eigenvalue weighted by molar-refractivity contribution is 0.0117. The first kappa shape index (κ1) is 11.0. The summed E-state index contributed by atoms with van der Waals surface area (Å²) < 4.78 is 5.60. The molecule has 0 saturated carbocycles. The van der Waals surface area contributed by atoms with E-state index in [0.717, 1.165) is 26.1 Å². The maximum absolute atomic E-state index is 5.60. The van der Waals surface area contributed by atoms with Gasteiger partial charge in [0.1, 0.15) is 0 Å². The van der Waals surface area contributed by atoms with Crippen molar-refractivity contribution in [1.29, 1.82) is 0 Å². The molecule has 0 amide bonds. The van der Waals surface area contributed by atoms with Crippen LogP contribution in [0.5, 0.6) is 0 Å². The molecule has 0 spiro atoms. The highest BCUT2D eigenvalue weighted by Gasteiger charge is 2.12. The lowest BCUT2D eigenvalue weighted by Gasteiger charge is -2.22. The number of hydrogen-bond donors (Lipinski definition) is 1. The summed E-state index contributed by atoms with van der Waals surface area (Å²) >= 11 is 5.38. The predicted octanol–water partition coefficient (Wildman–Crippen LogP) is 2.29. The van der Waals surface area contributed by atoms with Crippen molar-refractivity contribution in [2.24, 2.45) is 0 Å². The molecule has 1 aliphatic rings. The van der Waals surface area contributed by atoms with Gasteiger partial charge in [0.2, 0.25) is 0 Å². The van der Waals surface area contributed by atoms with E-state index in [2.05, 4.69) is 5.32 Å². The molecule has 0 radical (unpaired) electrons. The van der Waals surface area contributed by atoms with Crippen LogP contribution in [0.25, 0.3) is 0 Å².